The van der Waals surface area contributed by atoms with Crippen LogP contribution in [0, 0.1) is 0 Å². The van der Waals surface area contributed by atoms with Gasteiger partial charge in [0.1, 0.15) is 5.52 Å². The molecule has 0 radical (unpaired) electrons. The molecule has 7 nitrogen and oxygen atoms in total. The largest absolute Gasteiger partial charge is 0.376 e. The van der Waals surface area contributed by atoms with E-state index in [1.807, 2.05) is 6.07 Å². The minimum Gasteiger partial charge on any atom is -0.376 e. The molecule has 1 N–H and O–H groups in total. The minimum atomic E-state index is -0.244. The van der Waals surface area contributed by atoms with E-state index < -0.39 is 0 Å². The zero-order valence-electron chi connectivity index (χ0n) is 14.1. The van der Waals surface area contributed by atoms with E-state index in [9.17, 15) is 9.59 Å². The highest BCUT2D eigenvalue weighted by molar-refractivity contribution is 5.94. The van der Waals surface area contributed by atoms with Gasteiger partial charge in [0.05, 0.1) is 17.2 Å². The van der Waals surface area contributed by atoms with E-state index in [4.69, 9.17) is 4.74 Å². The summed E-state index contributed by atoms with van der Waals surface area (Å²) in [5.41, 5.74) is 1.39. The maximum atomic E-state index is 12.6. The molecule has 26 heavy (non-hydrogen) atoms. The molecule has 4 rings (SSSR count). The Morgan fingerprint density at radius 1 is 1.19 bits per heavy atom. The van der Waals surface area contributed by atoms with Gasteiger partial charge in [-0.1, -0.05) is 17.3 Å². The normalized spacial score (nSPS) is 16.7. The summed E-state index contributed by atoms with van der Waals surface area (Å²) < 4.78 is 6.73. The molecule has 2 aromatic carbocycles. The highest BCUT2D eigenvalue weighted by atomic mass is 16.5. The summed E-state index contributed by atoms with van der Waals surface area (Å²) in [6, 6.07) is 13.8. The first-order chi connectivity index (χ1) is 12.7. The fourth-order valence-corrected chi connectivity index (χ4v) is 3.03. The molecule has 0 bridgehead atoms. The summed E-state index contributed by atoms with van der Waals surface area (Å²) in [5, 5.41) is 11.4. The van der Waals surface area contributed by atoms with Crippen LogP contribution in [-0.2, 0) is 4.74 Å². The van der Waals surface area contributed by atoms with E-state index in [0.29, 0.717) is 28.7 Å². The third-order valence-corrected chi connectivity index (χ3v) is 4.46. The molecule has 0 aliphatic carbocycles. The maximum Gasteiger partial charge on any atom is 0.282 e. The van der Waals surface area contributed by atoms with Crippen molar-refractivity contribution in [1.82, 2.24) is 20.3 Å². The van der Waals surface area contributed by atoms with Crippen molar-refractivity contribution in [2.45, 2.75) is 18.9 Å². The van der Waals surface area contributed by atoms with Crippen LogP contribution in [0.4, 0.5) is 0 Å². The van der Waals surface area contributed by atoms with Crippen LogP contribution in [-0.4, -0.2) is 40.2 Å². The first kappa shape index (κ1) is 16.4. The first-order valence-electron chi connectivity index (χ1n) is 8.57. The Morgan fingerprint density at radius 3 is 2.77 bits per heavy atom. The number of benzene rings is 2. The Bertz CT molecular complexity index is 992. The highest BCUT2D eigenvalue weighted by Crippen LogP contribution is 2.12. The van der Waals surface area contributed by atoms with Gasteiger partial charge in [-0.2, -0.15) is 4.68 Å². The number of nitrogens with zero attached hydrogens (tertiary/aromatic N) is 3. The lowest BCUT2D eigenvalue weighted by Gasteiger charge is -2.11. The topological polar surface area (TPSA) is 86.1 Å². The zero-order valence-corrected chi connectivity index (χ0v) is 14.1. The summed E-state index contributed by atoms with van der Waals surface area (Å²) >= 11 is 0. The van der Waals surface area contributed by atoms with E-state index in [-0.39, 0.29) is 17.6 Å². The van der Waals surface area contributed by atoms with Crippen LogP contribution in [0.3, 0.4) is 0 Å². The van der Waals surface area contributed by atoms with Crippen LogP contribution in [0.2, 0.25) is 0 Å². The van der Waals surface area contributed by atoms with Crippen molar-refractivity contribution in [3.63, 3.8) is 0 Å². The maximum absolute atomic E-state index is 12.6. The third-order valence-electron chi connectivity index (χ3n) is 4.46. The Hall–Kier alpha value is -3.06. The van der Waals surface area contributed by atoms with Gasteiger partial charge in [-0.05, 0) is 49.2 Å². The molecule has 1 aromatic heterocycles. The molecule has 1 aliphatic heterocycles. The van der Waals surface area contributed by atoms with E-state index in [1.165, 1.54) is 4.68 Å². The van der Waals surface area contributed by atoms with Crippen molar-refractivity contribution in [2.24, 2.45) is 0 Å². The van der Waals surface area contributed by atoms with E-state index in [2.05, 4.69) is 15.6 Å². The Morgan fingerprint density at radius 2 is 2.00 bits per heavy atom. The van der Waals surface area contributed by atoms with Gasteiger partial charge in [0.15, 0.2) is 0 Å². The Balaban J connectivity index is 1.53. The van der Waals surface area contributed by atoms with Crippen molar-refractivity contribution in [1.29, 1.82) is 0 Å². The fourth-order valence-electron chi connectivity index (χ4n) is 3.03. The first-order valence-corrected chi connectivity index (χ1v) is 8.57. The molecular formula is C19H18N4O3. The number of nitrogens with one attached hydrogen (secondary N) is 1. The lowest BCUT2D eigenvalue weighted by molar-refractivity contribution is 0.0858. The molecule has 1 aliphatic rings. The molecule has 1 fully saturated rings. The van der Waals surface area contributed by atoms with Crippen LogP contribution < -0.4 is 10.9 Å². The summed E-state index contributed by atoms with van der Waals surface area (Å²) in [6.07, 6.45) is 2.11. The average molecular weight is 350 g/mol. The number of carbonyl (C=O) groups excluding carboxylic acids is 1. The van der Waals surface area contributed by atoms with Gasteiger partial charge < -0.3 is 10.1 Å². The van der Waals surface area contributed by atoms with Crippen molar-refractivity contribution in [2.75, 3.05) is 13.2 Å². The number of carbonyl (C=O) groups is 1. The van der Waals surface area contributed by atoms with E-state index in [1.54, 1.807) is 42.5 Å². The molecule has 7 heteroatoms. The van der Waals surface area contributed by atoms with Crippen LogP contribution in [0.15, 0.2) is 53.3 Å². The van der Waals surface area contributed by atoms with Gasteiger partial charge in [-0.25, -0.2) is 0 Å². The van der Waals surface area contributed by atoms with Crippen LogP contribution in [0.25, 0.3) is 16.6 Å². The van der Waals surface area contributed by atoms with Gasteiger partial charge >= 0.3 is 0 Å². The molecule has 0 saturated carbocycles. The SMILES string of the molecule is O=C(NCC1CCCO1)c1ccc(-n2nnc3ccccc3c2=O)cc1. The Kier molecular flexibility index (Phi) is 4.45. The second kappa shape index (κ2) is 7.05. The van der Waals surface area contributed by atoms with Gasteiger partial charge in [-0.15, -0.1) is 5.10 Å². The summed E-state index contributed by atoms with van der Waals surface area (Å²) in [7, 11) is 0. The molecule has 1 atom stereocenters. The number of amides is 1. The standard InChI is InChI=1S/C19H18N4O3/c24-18(20-12-15-4-3-11-26-15)13-7-9-14(10-8-13)23-19(25)16-5-1-2-6-17(16)21-22-23/h1-2,5-10,15H,3-4,11-12H2,(H,20,24). The lowest BCUT2D eigenvalue weighted by Crippen LogP contribution is -2.31. The van der Waals surface area contributed by atoms with Crippen LogP contribution in [0.5, 0.6) is 0 Å². The predicted octanol–water partition coefficient (Wildman–Crippen LogP) is 1.69. The van der Waals surface area contributed by atoms with Crippen LogP contribution >= 0.6 is 0 Å². The fraction of sp³-hybridized carbons (Fsp3) is 0.263. The third kappa shape index (κ3) is 3.21. The van der Waals surface area contributed by atoms with Crippen molar-refractivity contribution >= 4 is 16.8 Å². The van der Waals surface area contributed by atoms with E-state index >= 15 is 0 Å². The van der Waals surface area contributed by atoms with Gasteiger partial charge in [-0.3, -0.25) is 9.59 Å². The number of ether oxygens (including phenoxy) is 1. The van der Waals surface area contributed by atoms with E-state index in [0.717, 1.165) is 19.4 Å². The lowest BCUT2D eigenvalue weighted by atomic mass is 10.2. The van der Waals surface area contributed by atoms with Crippen molar-refractivity contribution in [3.8, 4) is 5.69 Å². The molecule has 1 amide bonds. The van der Waals surface area contributed by atoms with Gasteiger partial charge in [0.2, 0.25) is 0 Å². The number of rotatable bonds is 4. The monoisotopic (exact) mass is 350 g/mol. The average Bonchev–Trinajstić information content (AvgIpc) is 3.20. The van der Waals surface area contributed by atoms with Crippen molar-refractivity contribution < 1.29 is 9.53 Å². The number of aromatic nitrogens is 3. The second-order valence-corrected chi connectivity index (χ2v) is 6.22. The molecule has 0 spiro atoms. The van der Waals surface area contributed by atoms with Gasteiger partial charge in [0, 0.05) is 18.7 Å². The molecule has 2 heterocycles. The summed E-state index contributed by atoms with van der Waals surface area (Å²) in [4.78, 5) is 24.8. The molecular weight excluding hydrogens is 332 g/mol. The highest BCUT2D eigenvalue weighted by Gasteiger charge is 2.16. The molecule has 1 saturated heterocycles. The van der Waals surface area contributed by atoms with Crippen LogP contribution in [0.1, 0.15) is 23.2 Å². The quantitative estimate of drug-likeness (QED) is 0.774. The van der Waals surface area contributed by atoms with Gasteiger partial charge in [0.25, 0.3) is 11.5 Å². The predicted molar refractivity (Wildman–Crippen MR) is 96.4 cm³/mol. The summed E-state index contributed by atoms with van der Waals surface area (Å²) in [5.74, 6) is -0.163. The zero-order chi connectivity index (χ0) is 17.9. The number of fused-ring (bicyclic) bond motifs is 1. The molecule has 1 unspecified atom stereocenters. The summed E-state index contributed by atoms with van der Waals surface area (Å²) in [6.45, 7) is 1.27. The molecule has 132 valence electrons. The number of hydrogen-bond donors (Lipinski definition) is 1. The Labute approximate surface area is 149 Å². The smallest absolute Gasteiger partial charge is 0.282 e. The number of hydrogen-bond acceptors (Lipinski definition) is 5. The second-order valence-electron chi connectivity index (χ2n) is 6.22. The molecule has 3 aromatic rings. The minimum absolute atomic E-state index is 0.102. The van der Waals surface area contributed by atoms with Crippen molar-refractivity contribution in [3.05, 3.63) is 64.4 Å².